The van der Waals surface area contributed by atoms with E-state index < -0.39 is 41.0 Å². The summed E-state index contributed by atoms with van der Waals surface area (Å²) in [5.41, 5.74) is 2.48. The Kier molecular flexibility index (Phi) is 16.0. The Morgan fingerprint density at radius 3 is 2.40 bits per heavy atom. The number of carboxylic acid groups (broad SMARTS) is 1. The molecule has 2 N–H and O–H groups in total. The quantitative estimate of drug-likeness (QED) is 0.0877. The van der Waals surface area contributed by atoms with Crippen LogP contribution in [0.3, 0.4) is 0 Å². The third-order valence-electron chi connectivity index (χ3n) is 13.0. The van der Waals surface area contributed by atoms with E-state index in [0.717, 1.165) is 40.3 Å². The van der Waals surface area contributed by atoms with Crippen molar-refractivity contribution in [1.82, 2.24) is 34.6 Å². The van der Waals surface area contributed by atoms with Crippen molar-refractivity contribution in [3.8, 4) is 22.8 Å². The van der Waals surface area contributed by atoms with Crippen LogP contribution in [0.4, 0.5) is 0 Å². The van der Waals surface area contributed by atoms with E-state index in [9.17, 15) is 24.3 Å². The number of aliphatic carboxylic acids is 1. The van der Waals surface area contributed by atoms with Crippen molar-refractivity contribution in [3.63, 3.8) is 0 Å². The summed E-state index contributed by atoms with van der Waals surface area (Å²) in [4.78, 5) is 69.7. The van der Waals surface area contributed by atoms with E-state index in [0.29, 0.717) is 60.2 Å². The number of piperidine rings is 1. The molecule has 3 aromatic carbocycles. The largest absolute Gasteiger partial charge is 0.481 e. The Morgan fingerprint density at radius 2 is 1.71 bits per heavy atom. The first-order valence-corrected chi connectivity index (χ1v) is 23.8. The number of hydrogen-bond acceptors (Lipinski definition) is 9. The molecule has 0 unspecified atom stereocenters. The number of nitrogens with zero attached hydrogens (tertiary/aromatic N) is 6. The molecule has 5 aromatic rings. The second-order valence-corrected chi connectivity index (χ2v) is 19.8. The van der Waals surface area contributed by atoms with Gasteiger partial charge in [0, 0.05) is 54.1 Å². The number of aryl methyl sites for hydroxylation is 1. The fourth-order valence-corrected chi connectivity index (χ4v) is 9.70. The summed E-state index contributed by atoms with van der Waals surface area (Å²) in [5.74, 6) is -1.18. The van der Waals surface area contributed by atoms with Crippen molar-refractivity contribution in [1.29, 1.82) is 0 Å². The molecule has 360 valence electrons. The molecule has 2 aliphatic heterocycles. The average molecular weight is 967 g/mol. The first-order chi connectivity index (χ1) is 32.4. The molecule has 2 saturated heterocycles. The molecule has 68 heavy (non-hydrogen) atoms. The number of halogens is 2. The zero-order valence-corrected chi connectivity index (χ0v) is 41.1. The topological polar surface area (TPSA) is 159 Å². The maximum atomic E-state index is 14.7. The molecule has 0 bridgehead atoms. The summed E-state index contributed by atoms with van der Waals surface area (Å²) < 4.78 is 14.7. The zero-order valence-electron chi connectivity index (χ0n) is 39.6. The van der Waals surface area contributed by atoms with E-state index in [1.165, 1.54) is 0 Å². The normalized spacial score (nSPS) is 18.9. The van der Waals surface area contributed by atoms with Gasteiger partial charge in [-0.15, -0.1) is 0 Å². The molecule has 0 radical (unpaired) electrons. The highest BCUT2D eigenvalue weighted by molar-refractivity contribution is 6.31. The minimum Gasteiger partial charge on any atom is -0.481 e. The highest BCUT2D eigenvalue weighted by Crippen LogP contribution is 2.35. The van der Waals surface area contributed by atoms with Gasteiger partial charge < -0.3 is 34.3 Å². The van der Waals surface area contributed by atoms with Gasteiger partial charge in [0.15, 0.2) is 0 Å². The number of amides is 3. The van der Waals surface area contributed by atoms with Crippen molar-refractivity contribution in [2.45, 2.75) is 89.6 Å². The summed E-state index contributed by atoms with van der Waals surface area (Å²) >= 11 is 12.7. The molecule has 4 heterocycles. The van der Waals surface area contributed by atoms with Crippen LogP contribution >= 0.6 is 23.2 Å². The van der Waals surface area contributed by atoms with Crippen LogP contribution < -0.4 is 10.1 Å². The first-order valence-electron chi connectivity index (χ1n) is 23.1. The van der Waals surface area contributed by atoms with Crippen molar-refractivity contribution in [2.75, 3.05) is 33.8 Å². The third kappa shape index (κ3) is 12.3. The Labute approximate surface area is 408 Å². The molecule has 0 aliphatic carbocycles. The maximum Gasteiger partial charge on any atom is 0.304 e. The van der Waals surface area contributed by atoms with Gasteiger partial charge in [0.2, 0.25) is 17.7 Å². The molecule has 7 rings (SSSR count). The van der Waals surface area contributed by atoms with E-state index in [-0.39, 0.29) is 37.8 Å². The highest BCUT2D eigenvalue weighted by Gasteiger charge is 2.50. The Morgan fingerprint density at radius 1 is 0.971 bits per heavy atom. The van der Waals surface area contributed by atoms with E-state index in [4.69, 9.17) is 32.7 Å². The van der Waals surface area contributed by atoms with Crippen LogP contribution in [-0.2, 0) is 56.8 Å². The summed E-state index contributed by atoms with van der Waals surface area (Å²) in [6, 6.07) is 23.3. The molecule has 2 fully saturated rings. The van der Waals surface area contributed by atoms with Crippen LogP contribution in [0.25, 0.3) is 11.3 Å². The first kappa shape index (κ1) is 50.1. The van der Waals surface area contributed by atoms with Crippen LogP contribution in [0, 0.1) is 11.8 Å². The van der Waals surface area contributed by atoms with Gasteiger partial charge in [0.1, 0.15) is 29.1 Å². The minimum absolute atomic E-state index is 0.0193. The lowest BCUT2D eigenvalue weighted by molar-refractivity contribution is -0.154. The summed E-state index contributed by atoms with van der Waals surface area (Å²) in [6.45, 7) is 6.68. The predicted molar refractivity (Wildman–Crippen MR) is 261 cm³/mol. The molecule has 2 aromatic heterocycles. The predicted octanol–water partition coefficient (Wildman–Crippen LogP) is 8.23. The molecule has 16 heteroatoms. The third-order valence-corrected chi connectivity index (χ3v) is 13.4. The Bertz CT molecular complexity index is 2570. The van der Waals surface area contributed by atoms with Gasteiger partial charge in [-0.1, -0.05) is 54.4 Å². The van der Waals surface area contributed by atoms with E-state index >= 15 is 0 Å². The second-order valence-electron chi connectivity index (χ2n) is 19.0. The number of carbonyl (C=O) groups is 4. The lowest BCUT2D eigenvalue weighted by atomic mass is 9.82. The fraction of sp³-hybridized carbons (Fsp3) is 0.423. The standard InChI is InChI=1S/C52H61Cl2N7O7/c1-34(10-13-38-14-19-41(54)27-45(38)68-42-20-15-37(16-21-42)43-30-56-46(59(43)6)31-58(4)5)49(65)61-44(32-67-51(61,2)3)48(64)57-52(28-35-11-17-40(53)18-12-35)22-8-24-60(33-52)50(66)39(26-47(62)63)25-36-9-7-23-55-29-36/h7,9,11-12,14-21,23,27,29-30,34,39,44H,8,10,13,22,24-26,28,31-33H2,1-6H3,(H,57,64)(H,62,63)/t34-,39-,44+,52-/m1/s1. The fourth-order valence-electron chi connectivity index (χ4n) is 9.41. The summed E-state index contributed by atoms with van der Waals surface area (Å²) in [7, 11) is 6.03. The number of imidazole rings is 1. The average Bonchev–Trinajstić information content (AvgIpc) is 3.83. The second kappa shape index (κ2) is 21.7. The molecular weight excluding hydrogens is 906 g/mol. The lowest BCUT2D eigenvalue weighted by Gasteiger charge is -2.45. The van der Waals surface area contributed by atoms with Gasteiger partial charge in [-0.2, -0.15) is 0 Å². The number of aromatic nitrogens is 3. The number of benzene rings is 3. The Hall–Kier alpha value is -5.80. The number of pyridine rings is 1. The lowest BCUT2D eigenvalue weighted by Crippen LogP contribution is -2.65. The number of ether oxygens (including phenoxy) is 2. The molecule has 2 aliphatic rings. The van der Waals surface area contributed by atoms with Crippen LogP contribution in [0.2, 0.25) is 10.0 Å². The van der Waals surface area contributed by atoms with Gasteiger partial charge in [0.05, 0.1) is 42.9 Å². The molecule has 0 saturated carbocycles. The van der Waals surface area contributed by atoms with Gasteiger partial charge in [-0.25, -0.2) is 4.98 Å². The number of hydrogen-bond donors (Lipinski definition) is 2. The van der Waals surface area contributed by atoms with E-state index in [1.54, 1.807) is 66.4 Å². The van der Waals surface area contributed by atoms with Gasteiger partial charge in [-0.3, -0.25) is 29.1 Å². The Balaban J connectivity index is 1.06. The number of likely N-dealkylation sites (tertiary alicyclic amines) is 1. The van der Waals surface area contributed by atoms with Gasteiger partial charge >= 0.3 is 5.97 Å². The van der Waals surface area contributed by atoms with Crippen molar-refractivity contribution in [2.24, 2.45) is 18.9 Å². The SMILES string of the molecule is C[C@H](CCc1ccc(Cl)cc1Oc1ccc(-c2cnc(CN(C)C)n2C)cc1)C(=O)N1[C@H](C(=O)N[C@@]2(Cc3ccc(Cl)cc3)CCCN(C(=O)[C@@H](CC(=O)O)Cc3cccnc3)C2)COC1(C)C. The molecule has 14 nitrogen and oxygen atoms in total. The molecule has 0 spiro atoms. The van der Waals surface area contributed by atoms with Crippen molar-refractivity contribution in [3.05, 3.63) is 130 Å². The smallest absolute Gasteiger partial charge is 0.304 e. The maximum absolute atomic E-state index is 14.7. The zero-order chi connectivity index (χ0) is 48.8. The molecule has 4 atom stereocenters. The van der Waals surface area contributed by atoms with Gasteiger partial charge in [-0.05, 0) is 138 Å². The molecular formula is C52H61Cl2N7O7. The summed E-state index contributed by atoms with van der Waals surface area (Å²) in [5, 5.41) is 14.2. The van der Waals surface area contributed by atoms with Crippen LogP contribution in [0.5, 0.6) is 11.5 Å². The van der Waals surface area contributed by atoms with E-state index in [1.807, 2.05) is 82.8 Å². The molecule has 3 amide bonds. The van der Waals surface area contributed by atoms with Gasteiger partial charge in [0.25, 0.3) is 0 Å². The van der Waals surface area contributed by atoms with Crippen molar-refractivity contribution < 1.29 is 33.8 Å². The monoisotopic (exact) mass is 965 g/mol. The number of carbonyl (C=O) groups excluding carboxylic acids is 3. The van der Waals surface area contributed by atoms with Crippen LogP contribution in [0.15, 0.2) is 97.5 Å². The van der Waals surface area contributed by atoms with Crippen LogP contribution in [-0.4, -0.2) is 109 Å². The summed E-state index contributed by atoms with van der Waals surface area (Å²) in [6.07, 6.45) is 7.40. The highest BCUT2D eigenvalue weighted by atomic mass is 35.5. The number of nitrogens with one attached hydrogen (secondary N) is 1. The van der Waals surface area contributed by atoms with Crippen molar-refractivity contribution >= 4 is 46.9 Å². The van der Waals surface area contributed by atoms with Crippen LogP contribution in [0.1, 0.15) is 69.0 Å². The minimum atomic E-state index is -1.09. The van der Waals surface area contributed by atoms with E-state index in [2.05, 4.69) is 24.8 Å². The number of carboxylic acids is 1. The number of rotatable bonds is 18.